The Hall–Kier alpha value is -2.29. The monoisotopic (exact) mass is 546 g/mol. The number of allylic oxidation sites excluding steroid dienone is 1. The molecule has 3 heterocycles. The van der Waals surface area contributed by atoms with Crippen molar-refractivity contribution in [3.05, 3.63) is 54.6 Å². The molecule has 37 heavy (non-hydrogen) atoms. The van der Waals surface area contributed by atoms with E-state index in [1.165, 1.54) is 4.90 Å². The number of hydrogen-bond acceptors (Lipinski definition) is 6. The van der Waals surface area contributed by atoms with E-state index in [1.807, 2.05) is 0 Å². The molecule has 3 unspecified atom stereocenters. The van der Waals surface area contributed by atoms with Crippen molar-refractivity contribution in [1.82, 2.24) is 4.90 Å². The maximum Gasteiger partial charge on any atom is 0.310 e. The minimum Gasteiger partial charge on any atom is -0.465 e. The molecule has 1 aromatic rings. The number of amides is 2. The molecule has 9 heteroatoms. The van der Waals surface area contributed by atoms with Crippen molar-refractivity contribution in [2.45, 2.75) is 55.2 Å². The van der Waals surface area contributed by atoms with Crippen LogP contribution in [0, 0.1) is 17.8 Å². The summed E-state index contributed by atoms with van der Waals surface area (Å²) in [5, 5.41) is 10.5. The van der Waals surface area contributed by atoms with E-state index in [-0.39, 0.29) is 48.7 Å². The lowest BCUT2D eigenvalue weighted by atomic mass is 9.66. The summed E-state index contributed by atoms with van der Waals surface area (Å²) in [6, 6.07) is 5.53. The fraction of sp³-hybridized carbons (Fsp3) is 0.536. The van der Waals surface area contributed by atoms with Crippen molar-refractivity contribution in [3.8, 4) is 0 Å². The minimum absolute atomic E-state index is 0.0157. The molecule has 0 saturated carbocycles. The molecule has 3 aliphatic rings. The van der Waals surface area contributed by atoms with Crippen molar-refractivity contribution in [2.24, 2.45) is 17.8 Å². The molecule has 7 atom stereocenters. The smallest absolute Gasteiger partial charge is 0.310 e. The SMILES string of the molecule is C=CCCCOC(=O)[C@@H]1[C@H]2C(=O)N([C@H](C)CO)C(C(=O)N(CC=C)c3ccc(Cl)cc3)C23S[C@@H]1CC3C. The van der Waals surface area contributed by atoms with Crippen LogP contribution in [-0.4, -0.2) is 69.6 Å². The molecule has 200 valence electrons. The summed E-state index contributed by atoms with van der Waals surface area (Å²) >= 11 is 7.68. The Balaban J connectivity index is 1.74. The fourth-order valence-corrected chi connectivity index (χ4v) is 8.80. The van der Waals surface area contributed by atoms with Crippen LogP contribution in [-0.2, 0) is 19.1 Å². The summed E-state index contributed by atoms with van der Waals surface area (Å²) in [6.07, 6.45) is 5.55. The number of aliphatic hydroxyl groups excluding tert-OH is 1. The number of fused-ring (bicyclic) bond motifs is 1. The maximum atomic E-state index is 14.4. The van der Waals surface area contributed by atoms with E-state index in [9.17, 15) is 19.5 Å². The van der Waals surface area contributed by atoms with Gasteiger partial charge < -0.3 is 19.6 Å². The molecule has 3 aliphatic heterocycles. The van der Waals surface area contributed by atoms with Crippen molar-refractivity contribution >= 4 is 46.8 Å². The van der Waals surface area contributed by atoms with Crippen LogP contribution in [0.15, 0.2) is 49.6 Å². The zero-order valence-electron chi connectivity index (χ0n) is 21.3. The van der Waals surface area contributed by atoms with Crippen LogP contribution < -0.4 is 4.90 Å². The molecule has 7 nitrogen and oxygen atoms in total. The maximum absolute atomic E-state index is 14.4. The van der Waals surface area contributed by atoms with Crippen molar-refractivity contribution in [2.75, 3.05) is 24.7 Å². The van der Waals surface area contributed by atoms with Crippen molar-refractivity contribution < 1.29 is 24.2 Å². The molecule has 1 aromatic carbocycles. The third-order valence-corrected chi connectivity index (χ3v) is 10.3. The quantitative estimate of drug-likeness (QED) is 0.256. The molecule has 0 radical (unpaired) electrons. The van der Waals surface area contributed by atoms with Gasteiger partial charge in [-0.15, -0.1) is 24.9 Å². The van der Waals surface area contributed by atoms with Gasteiger partial charge >= 0.3 is 5.97 Å². The van der Waals surface area contributed by atoms with Crippen LogP contribution in [0.1, 0.15) is 33.1 Å². The number of rotatable bonds is 11. The van der Waals surface area contributed by atoms with Gasteiger partial charge in [0.25, 0.3) is 5.91 Å². The number of benzene rings is 1. The largest absolute Gasteiger partial charge is 0.465 e. The van der Waals surface area contributed by atoms with Crippen LogP contribution in [0.3, 0.4) is 0 Å². The molecule has 1 spiro atoms. The average molecular weight is 547 g/mol. The number of likely N-dealkylation sites (tertiary alicyclic amines) is 1. The molecule has 3 saturated heterocycles. The highest BCUT2D eigenvalue weighted by Crippen LogP contribution is 2.69. The Morgan fingerprint density at radius 3 is 2.65 bits per heavy atom. The number of anilines is 1. The predicted molar refractivity (Wildman–Crippen MR) is 146 cm³/mol. The van der Waals surface area contributed by atoms with E-state index >= 15 is 0 Å². The lowest BCUT2D eigenvalue weighted by molar-refractivity contribution is -0.155. The van der Waals surface area contributed by atoms with E-state index in [0.717, 1.165) is 6.42 Å². The highest BCUT2D eigenvalue weighted by Gasteiger charge is 2.77. The van der Waals surface area contributed by atoms with Gasteiger partial charge in [0.1, 0.15) is 6.04 Å². The lowest BCUT2D eigenvalue weighted by Gasteiger charge is -2.41. The molecule has 2 amide bonds. The second-order valence-electron chi connectivity index (χ2n) is 10.1. The molecule has 0 aliphatic carbocycles. The summed E-state index contributed by atoms with van der Waals surface area (Å²) in [5.41, 5.74) is 0.640. The first kappa shape index (κ1) is 27.7. The van der Waals surface area contributed by atoms with E-state index < -0.39 is 28.7 Å². The Morgan fingerprint density at radius 2 is 2.03 bits per heavy atom. The zero-order chi connectivity index (χ0) is 26.9. The number of nitrogens with zero attached hydrogens (tertiary/aromatic N) is 2. The van der Waals surface area contributed by atoms with Gasteiger partial charge in [0.05, 0.1) is 35.8 Å². The van der Waals surface area contributed by atoms with Crippen LogP contribution in [0.5, 0.6) is 0 Å². The lowest BCUT2D eigenvalue weighted by Crippen LogP contribution is -2.59. The predicted octanol–water partition coefficient (Wildman–Crippen LogP) is 4.09. The van der Waals surface area contributed by atoms with Crippen LogP contribution >= 0.6 is 23.4 Å². The highest BCUT2D eigenvalue weighted by molar-refractivity contribution is 8.02. The van der Waals surface area contributed by atoms with Gasteiger partial charge in [0, 0.05) is 22.5 Å². The summed E-state index contributed by atoms with van der Waals surface area (Å²) in [7, 11) is 0. The van der Waals surface area contributed by atoms with E-state index in [4.69, 9.17) is 16.3 Å². The number of halogens is 1. The number of thioether (sulfide) groups is 1. The minimum atomic E-state index is -0.841. The van der Waals surface area contributed by atoms with Gasteiger partial charge in [0.15, 0.2) is 0 Å². The molecular weight excluding hydrogens is 512 g/mol. The van der Waals surface area contributed by atoms with Crippen LogP contribution in [0.2, 0.25) is 5.02 Å². The Kier molecular flexibility index (Phi) is 8.41. The molecule has 1 N–H and O–H groups in total. The molecule has 3 fully saturated rings. The summed E-state index contributed by atoms with van der Waals surface area (Å²) < 4.78 is 4.82. The van der Waals surface area contributed by atoms with Crippen LogP contribution in [0.4, 0.5) is 5.69 Å². The van der Waals surface area contributed by atoms with Crippen molar-refractivity contribution in [3.63, 3.8) is 0 Å². The molecule has 2 bridgehead atoms. The summed E-state index contributed by atoms with van der Waals surface area (Å²) in [6.45, 7) is 11.5. The van der Waals surface area contributed by atoms with Crippen LogP contribution in [0.25, 0.3) is 0 Å². The zero-order valence-corrected chi connectivity index (χ0v) is 22.9. The van der Waals surface area contributed by atoms with Gasteiger partial charge in [-0.25, -0.2) is 0 Å². The number of esters is 1. The molecule has 0 aromatic heterocycles. The number of carbonyl (C=O) groups excluding carboxylic acids is 3. The first-order chi connectivity index (χ1) is 17.7. The highest BCUT2D eigenvalue weighted by atomic mass is 35.5. The van der Waals surface area contributed by atoms with E-state index in [1.54, 1.807) is 60.0 Å². The van der Waals surface area contributed by atoms with Gasteiger partial charge in [-0.1, -0.05) is 30.7 Å². The second kappa shape index (κ2) is 11.2. The Labute approximate surface area is 227 Å². The van der Waals surface area contributed by atoms with E-state index in [0.29, 0.717) is 23.6 Å². The third kappa shape index (κ3) is 4.61. The van der Waals surface area contributed by atoms with Gasteiger partial charge in [0.2, 0.25) is 5.91 Å². The number of carbonyl (C=O) groups is 3. The number of hydrogen-bond donors (Lipinski definition) is 1. The number of ether oxygens (including phenoxy) is 1. The first-order valence-corrected chi connectivity index (χ1v) is 14.0. The number of aliphatic hydroxyl groups is 1. The normalized spacial score (nSPS) is 30.6. The van der Waals surface area contributed by atoms with Gasteiger partial charge in [-0.2, -0.15) is 0 Å². The summed E-state index contributed by atoms with van der Waals surface area (Å²) in [4.78, 5) is 44.9. The van der Waals surface area contributed by atoms with Gasteiger partial charge in [-0.3, -0.25) is 14.4 Å². The number of unbranched alkanes of at least 4 members (excludes halogenated alkanes) is 1. The fourth-order valence-electron chi connectivity index (χ4n) is 6.29. The Bertz CT molecular complexity index is 1070. The first-order valence-electron chi connectivity index (χ1n) is 12.8. The summed E-state index contributed by atoms with van der Waals surface area (Å²) in [5.74, 6) is -2.17. The van der Waals surface area contributed by atoms with E-state index in [2.05, 4.69) is 20.1 Å². The topological polar surface area (TPSA) is 87.1 Å². The molecular formula is C28H35ClN2O5S. The Morgan fingerprint density at radius 1 is 1.32 bits per heavy atom. The third-order valence-electron chi connectivity index (χ3n) is 7.94. The second-order valence-corrected chi connectivity index (χ2v) is 12.1. The average Bonchev–Trinajstić information content (AvgIpc) is 3.48. The molecule has 4 rings (SSSR count). The standard InChI is InChI=1S/C28H35ClN2O5S/c1-5-7-8-14-36-27(35)22-21-15-17(3)28(37-21)23(22)25(33)31(18(4)16-32)24(28)26(34)30(13-6-2)20-11-9-19(29)10-12-20/h5-6,9-12,17-18,21-24,32H,1-2,7-8,13-16H2,3-4H3/t17?,18-,21-,22+,23+,24?,28?/m1/s1. The van der Waals surface area contributed by atoms with Gasteiger partial charge in [-0.05, 0) is 56.4 Å². The van der Waals surface area contributed by atoms with Crippen molar-refractivity contribution in [1.29, 1.82) is 0 Å².